The summed E-state index contributed by atoms with van der Waals surface area (Å²) >= 11 is 0. The summed E-state index contributed by atoms with van der Waals surface area (Å²) in [6.07, 6.45) is -4.71. The zero-order valence-corrected chi connectivity index (χ0v) is 13.0. The smallest absolute Gasteiger partial charge is 0.206 e. The molecular weight excluding hydrogens is 292 g/mol. The summed E-state index contributed by atoms with van der Waals surface area (Å²) in [5.74, 6) is -1.50. The molecule has 0 amide bonds. The Labute approximate surface area is 127 Å². The van der Waals surface area contributed by atoms with E-state index in [1.54, 1.807) is 13.8 Å². The molecule has 0 nitrogen and oxygen atoms in total. The van der Waals surface area contributed by atoms with Crippen LogP contribution in [0, 0.1) is 19.7 Å². The van der Waals surface area contributed by atoms with Crippen molar-refractivity contribution >= 4 is 0 Å². The SMILES string of the molecule is Cc1cccc(C)c1-c1cc(C(C)C)c(F)c(C(F)(F)F)c1. The second-order valence-electron chi connectivity index (χ2n) is 5.85. The predicted molar refractivity (Wildman–Crippen MR) is 80.4 cm³/mol. The van der Waals surface area contributed by atoms with Crippen LogP contribution in [-0.4, -0.2) is 0 Å². The molecule has 0 saturated carbocycles. The van der Waals surface area contributed by atoms with Crippen molar-refractivity contribution in [1.29, 1.82) is 0 Å². The Morgan fingerprint density at radius 3 is 1.95 bits per heavy atom. The summed E-state index contributed by atoms with van der Waals surface area (Å²) in [5.41, 5.74) is 1.77. The number of alkyl halides is 3. The Bertz CT molecular complexity index is 677. The Morgan fingerprint density at radius 2 is 1.50 bits per heavy atom. The van der Waals surface area contributed by atoms with Crippen molar-refractivity contribution in [1.82, 2.24) is 0 Å². The van der Waals surface area contributed by atoms with Crippen LogP contribution < -0.4 is 0 Å². The van der Waals surface area contributed by atoms with Crippen LogP contribution in [-0.2, 0) is 6.18 Å². The van der Waals surface area contributed by atoms with Crippen LogP contribution in [0.3, 0.4) is 0 Å². The number of aryl methyl sites for hydroxylation is 2. The molecule has 118 valence electrons. The van der Waals surface area contributed by atoms with E-state index < -0.39 is 17.6 Å². The van der Waals surface area contributed by atoms with Gasteiger partial charge in [-0.25, -0.2) is 4.39 Å². The summed E-state index contributed by atoms with van der Waals surface area (Å²) in [6.45, 7) is 7.06. The van der Waals surface area contributed by atoms with Crippen molar-refractivity contribution in [2.45, 2.75) is 39.8 Å². The summed E-state index contributed by atoms with van der Waals surface area (Å²) in [6, 6.07) is 7.98. The van der Waals surface area contributed by atoms with E-state index >= 15 is 0 Å². The molecule has 0 aromatic heterocycles. The molecule has 0 bridgehead atoms. The quantitative estimate of drug-likeness (QED) is 0.575. The highest BCUT2D eigenvalue weighted by Crippen LogP contribution is 2.39. The van der Waals surface area contributed by atoms with Crippen molar-refractivity contribution in [2.75, 3.05) is 0 Å². The molecule has 0 heterocycles. The normalized spacial score (nSPS) is 12.0. The van der Waals surface area contributed by atoms with Gasteiger partial charge in [-0.1, -0.05) is 32.0 Å². The van der Waals surface area contributed by atoms with Crippen molar-refractivity contribution in [2.24, 2.45) is 0 Å². The molecule has 0 radical (unpaired) electrons. The highest BCUT2D eigenvalue weighted by molar-refractivity contribution is 5.72. The molecule has 0 spiro atoms. The summed E-state index contributed by atoms with van der Waals surface area (Å²) in [4.78, 5) is 0. The molecule has 0 N–H and O–H groups in total. The van der Waals surface area contributed by atoms with Gasteiger partial charge in [0.1, 0.15) is 5.82 Å². The van der Waals surface area contributed by atoms with E-state index in [0.717, 1.165) is 22.8 Å². The molecule has 22 heavy (non-hydrogen) atoms. The molecule has 0 atom stereocenters. The van der Waals surface area contributed by atoms with E-state index in [1.807, 2.05) is 32.0 Å². The van der Waals surface area contributed by atoms with Crippen molar-refractivity contribution < 1.29 is 17.6 Å². The molecule has 4 heteroatoms. The third-order valence-electron chi connectivity index (χ3n) is 3.80. The third-order valence-corrected chi connectivity index (χ3v) is 3.80. The predicted octanol–water partition coefficient (Wildman–Crippen LogP) is 6.25. The molecule has 0 aliphatic heterocycles. The van der Waals surface area contributed by atoms with Crippen molar-refractivity contribution in [3.8, 4) is 11.1 Å². The lowest BCUT2D eigenvalue weighted by Crippen LogP contribution is -2.11. The Kier molecular flexibility index (Phi) is 4.32. The third kappa shape index (κ3) is 3.01. The first-order valence-electron chi connectivity index (χ1n) is 7.10. The van der Waals surface area contributed by atoms with E-state index in [1.165, 1.54) is 6.07 Å². The molecule has 0 aliphatic rings. The largest absolute Gasteiger partial charge is 0.419 e. The van der Waals surface area contributed by atoms with Crippen molar-refractivity contribution in [3.63, 3.8) is 0 Å². The van der Waals surface area contributed by atoms with Gasteiger partial charge in [0, 0.05) is 0 Å². The fourth-order valence-corrected chi connectivity index (χ4v) is 2.69. The van der Waals surface area contributed by atoms with E-state index in [9.17, 15) is 17.6 Å². The topological polar surface area (TPSA) is 0 Å². The maximum absolute atomic E-state index is 14.2. The Morgan fingerprint density at radius 1 is 0.955 bits per heavy atom. The van der Waals surface area contributed by atoms with Gasteiger partial charge < -0.3 is 0 Å². The standard InChI is InChI=1S/C18H18F4/c1-10(2)14-8-13(9-15(17(14)19)18(20,21)22)16-11(3)6-5-7-12(16)4/h5-10H,1-4H3. The van der Waals surface area contributed by atoms with Crippen molar-refractivity contribution in [3.05, 3.63) is 58.4 Å². The Hall–Kier alpha value is -1.84. The molecule has 0 fully saturated rings. The van der Waals surface area contributed by atoms with E-state index in [4.69, 9.17) is 0 Å². The lowest BCUT2D eigenvalue weighted by molar-refractivity contribution is -0.140. The molecule has 2 rings (SSSR count). The van der Waals surface area contributed by atoms with E-state index in [0.29, 0.717) is 5.56 Å². The Balaban J connectivity index is 2.81. The first kappa shape index (κ1) is 16.5. The number of rotatable bonds is 2. The minimum absolute atomic E-state index is 0.0903. The average Bonchev–Trinajstić information content (AvgIpc) is 2.38. The molecular formula is C18H18F4. The highest BCUT2D eigenvalue weighted by Gasteiger charge is 2.36. The zero-order chi connectivity index (χ0) is 16.7. The fraction of sp³-hybridized carbons (Fsp3) is 0.333. The minimum Gasteiger partial charge on any atom is -0.206 e. The van der Waals surface area contributed by atoms with Gasteiger partial charge >= 0.3 is 6.18 Å². The number of hydrogen-bond donors (Lipinski definition) is 0. The van der Waals surface area contributed by atoms with Crippen LogP contribution in [0.5, 0.6) is 0 Å². The molecule has 0 saturated heterocycles. The first-order chi connectivity index (χ1) is 10.1. The van der Waals surface area contributed by atoms with E-state index in [-0.39, 0.29) is 11.5 Å². The zero-order valence-electron chi connectivity index (χ0n) is 13.0. The average molecular weight is 310 g/mol. The summed E-state index contributed by atoms with van der Waals surface area (Å²) in [5, 5.41) is 0. The molecule has 0 unspecified atom stereocenters. The van der Waals surface area contributed by atoms with E-state index in [2.05, 4.69) is 0 Å². The van der Waals surface area contributed by atoms with Gasteiger partial charge in [-0.15, -0.1) is 0 Å². The van der Waals surface area contributed by atoms with Gasteiger partial charge in [0.05, 0.1) is 5.56 Å². The summed E-state index contributed by atoms with van der Waals surface area (Å²) < 4.78 is 53.6. The van der Waals surface area contributed by atoms with Gasteiger partial charge in [0.15, 0.2) is 0 Å². The fourth-order valence-electron chi connectivity index (χ4n) is 2.69. The highest BCUT2D eigenvalue weighted by atomic mass is 19.4. The van der Waals surface area contributed by atoms with Crippen LogP contribution >= 0.6 is 0 Å². The van der Waals surface area contributed by atoms with Gasteiger partial charge in [-0.3, -0.25) is 0 Å². The second-order valence-corrected chi connectivity index (χ2v) is 5.85. The molecule has 0 aliphatic carbocycles. The second kappa shape index (κ2) is 5.75. The number of benzene rings is 2. The lowest BCUT2D eigenvalue weighted by atomic mass is 9.90. The number of hydrogen-bond acceptors (Lipinski definition) is 0. The number of halogens is 4. The van der Waals surface area contributed by atoms with Crippen LogP contribution in [0.25, 0.3) is 11.1 Å². The maximum atomic E-state index is 14.2. The molecule has 2 aromatic rings. The lowest BCUT2D eigenvalue weighted by Gasteiger charge is -2.18. The minimum atomic E-state index is -4.71. The van der Waals surface area contributed by atoms with Crippen LogP contribution in [0.4, 0.5) is 17.6 Å². The monoisotopic (exact) mass is 310 g/mol. The van der Waals surface area contributed by atoms with Gasteiger partial charge in [-0.05, 0) is 59.7 Å². The van der Waals surface area contributed by atoms with Crippen LogP contribution in [0.1, 0.15) is 42.0 Å². The summed E-state index contributed by atoms with van der Waals surface area (Å²) in [7, 11) is 0. The van der Waals surface area contributed by atoms with Gasteiger partial charge in [-0.2, -0.15) is 13.2 Å². The van der Waals surface area contributed by atoms with Crippen LogP contribution in [0.2, 0.25) is 0 Å². The first-order valence-corrected chi connectivity index (χ1v) is 7.10. The van der Waals surface area contributed by atoms with Crippen LogP contribution in [0.15, 0.2) is 30.3 Å². The van der Waals surface area contributed by atoms with Gasteiger partial charge in [0.2, 0.25) is 0 Å². The maximum Gasteiger partial charge on any atom is 0.419 e. The van der Waals surface area contributed by atoms with Gasteiger partial charge in [0.25, 0.3) is 0 Å². The molecule has 2 aromatic carbocycles.